The molecule has 0 amide bonds. The van der Waals surface area contributed by atoms with Gasteiger partial charge >= 0.3 is 0 Å². The number of rotatable bonds is 6. The third-order valence-electron chi connectivity index (χ3n) is 2.76. The number of nitrogens with zero attached hydrogens (tertiary/aromatic N) is 4. The summed E-state index contributed by atoms with van der Waals surface area (Å²) < 4.78 is 5.75. The van der Waals surface area contributed by atoms with E-state index in [2.05, 4.69) is 20.4 Å². The molecule has 0 saturated heterocycles. The lowest BCUT2D eigenvalue weighted by atomic mass is 10.2. The fourth-order valence-corrected chi connectivity index (χ4v) is 1.70. The van der Waals surface area contributed by atoms with Crippen LogP contribution in [0.2, 0.25) is 0 Å². The van der Waals surface area contributed by atoms with E-state index in [1.807, 2.05) is 48.5 Å². The molecule has 0 atom stereocenters. The minimum Gasteiger partial charge on any atom is -0.457 e. The van der Waals surface area contributed by atoms with Crippen molar-refractivity contribution in [3.8, 4) is 11.5 Å². The Bertz CT molecular complexity index is 730. The van der Waals surface area contributed by atoms with Gasteiger partial charge in [0.2, 0.25) is 11.9 Å². The zero-order valence-corrected chi connectivity index (χ0v) is 13.3. The molecule has 0 heterocycles. The van der Waals surface area contributed by atoms with Gasteiger partial charge in [0.15, 0.2) is 0 Å². The third-order valence-corrected chi connectivity index (χ3v) is 2.76. The minimum atomic E-state index is -0.0945. The van der Waals surface area contributed by atoms with Gasteiger partial charge in [0.25, 0.3) is 0 Å². The third kappa shape index (κ3) is 6.40. The van der Waals surface area contributed by atoms with Crippen LogP contribution < -0.4 is 27.7 Å². The van der Waals surface area contributed by atoms with Gasteiger partial charge in [-0.2, -0.15) is 10.2 Å². The Morgan fingerprint density at radius 2 is 1.00 bits per heavy atom. The second-order valence-corrected chi connectivity index (χ2v) is 4.78. The molecule has 0 unspecified atom stereocenters. The van der Waals surface area contributed by atoms with Crippen LogP contribution >= 0.6 is 0 Å². The SMILES string of the molecule is NC(N)=N/N=C\c1ccc(Oc2ccc(/C=N\N=C(N)N)cc2)cc1. The Labute approximate surface area is 144 Å². The van der Waals surface area contributed by atoms with Crippen molar-refractivity contribution >= 4 is 24.3 Å². The van der Waals surface area contributed by atoms with Crippen molar-refractivity contribution in [2.45, 2.75) is 0 Å². The highest BCUT2D eigenvalue weighted by Gasteiger charge is 1.98. The summed E-state index contributed by atoms with van der Waals surface area (Å²) in [5.41, 5.74) is 22.4. The lowest BCUT2D eigenvalue weighted by Crippen LogP contribution is -2.21. The van der Waals surface area contributed by atoms with E-state index in [9.17, 15) is 0 Å². The zero-order chi connectivity index (χ0) is 18.1. The van der Waals surface area contributed by atoms with Crippen LogP contribution in [-0.2, 0) is 0 Å². The molecule has 0 aliphatic heterocycles. The largest absolute Gasteiger partial charge is 0.457 e. The van der Waals surface area contributed by atoms with Crippen LogP contribution in [0.25, 0.3) is 0 Å². The minimum absolute atomic E-state index is 0.0945. The maximum absolute atomic E-state index is 5.75. The molecule has 0 bridgehead atoms. The van der Waals surface area contributed by atoms with Crippen molar-refractivity contribution in [3.05, 3.63) is 59.7 Å². The average Bonchev–Trinajstić information content (AvgIpc) is 2.57. The van der Waals surface area contributed by atoms with Gasteiger partial charge in [0.1, 0.15) is 11.5 Å². The Hall–Kier alpha value is -3.88. The molecule has 2 aromatic rings. The molecule has 0 fully saturated rings. The number of ether oxygens (including phenoxy) is 1. The van der Waals surface area contributed by atoms with Crippen molar-refractivity contribution in [3.63, 3.8) is 0 Å². The molecular weight excluding hydrogens is 320 g/mol. The number of nitrogens with two attached hydrogens (primary N) is 4. The molecule has 0 aliphatic carbocycles. The molecule has 25 heavy (non-hydrogen) atoms. The Morgan fingerprint density at radius 3 is 1.32 bits per heavy atom. The van der Waals surface area contributed by atoms with Crippen LogP contribution in [0.15, 0.2) is 68.9 Å². The van der Waals surface area contributed by atoms with E-state index in [-0.39, 0.29) is 11.9 Å². The van der Waals surface area contributed by atoms with Crippen LogP contribution in [0.3, 0.4) is 0 Å². The first-order chi connectivity index (χ1) is 12.0. The van der Waals surface area contributed by atoms with Crippen LogP contribution in [0.5, 0.6) is 11.5 Å². The summed E-state index contributed by atoms with van der Waals surface area (Å²) in [5, 5.41) is 14.5. The van der Waals surface area contributed by atoms with E-state index in [1.165, 1.54) is 12.4 Å². The van der Waals surface area contributed by atoms with Gasteiger partial charge in [0.05, 0.1) is 12.4 Å². The normalized spacial score (nSPS) is 10.7. The van der Waals surface area contributed by atoms with Gasteiger partial charge in [-0.15, -0.1) is 10.2 Å². The van der Waals surface area contributed by atoms with E-state index in [0.29, 0.717) is 11.5 Å². The molecule has 0 aliphatic rings. The van der Waals surface area contributed by atoms with E-state index in [0.717, 1.165) is 11.1 Å². The summed E-state index contributed by atoms with van der Waals surface area (Å²) in [4.78, 5) is 0. The first kappa shape index (κ1) is 17.5. The summed E-state index contributed by atoms with van der Waals surface area (Å²) in [6.45, 7) is 0. The van der Waals surface area contributed by atoms with Crippen LogP contribution in [0.1, 0.15) is 11.1 Å². The van der Waals surface area contributed by atoms with Crippen molar-refractivity contribution in [2.24, 2.45) is 43.3 Å². The summed E-state index contributed by atoms with van der Waals surface area (Å²) in [7, 11) is 0. The maximum Gasteiger partial charge on any atom is 0.211 e. The summed E-state index contributed by atoms with van der Waals surface area (Å²) in [6, 6.07) is 14.6. The Balaban J connectivity index is 1.98. The highest BCUT2D eigenvalue weighted by molar-refractivity contribution is 5.82. The van der Waals surface area contributed by atoms with Gasteiger partial charge in [-0.05, 0) is 59.7 Å². The fraction of sp³-hybridized carbons (Fsp3) is 0. The molecule has 9 nitrogen and oxygen atoms in total. The number of guanidine groups is 2. The molecule has 0 spiro atoms. The predicted octanol–water partition coefficient (Wildman–Crippen LogP) is 0.694. The standard InChI is InChI=1S/C16H18N8O/c17-15(18)23-21-9-11-1-5-13(6-2-11)25-14-7-3-12(4-8-14)10-22-24-16(19)20/h1-10H,(H4,17,18,23)(H4,19,20,24)/b21-9-,22-10-. The van der Waals surface area contributed by atoms with Crippen molar-refractivity contribution < 1.29 is 4.74 Å². The lowest BCUT2D eigenvalue weighted by molar-refractivity contribution is 0.482. The topological polar surface area (TPSA) is 163 Å². The van der Waals surface area contributed by atoms with Crippen LogP contribution in [0.4, 0.5) is 0 Å². The number of benzene rings is 2. The first-order valence-electron chi connectivity index (χ1n) is 7.15. The number of hydrogen-bond donors (Lipinski definition) is 4. The fourth-order valence-electron chi connectivity index (χ4n) is 1.70. The summed E-state index contributed by atoms with van der Waals surface area (Å²) in [6.07, 6.45) is 3.07. The van der Waals surface area contributed by atoms with E-state index in [1.54, 1.807) is 0 Å². The van der Waals surface area contributed by atoms with Gasteiger partial charge in [0, 0.05) is 0 Å². The molecule has 2 rings (SSSR count). The monoisotopic (exact) mass is 338 g/mol. The van der Waals surface area contributed by atoms with E-state index < -0.39 is 0 Å². The highest BCUT2D eigenvalue weighted by atomic mass is 16.5. The predicted molar refractivity (Wildman–Crippen MR) is 99.8 cm³/mol. The molecule has 128 valence electrons. The smallest absolute Gasteiger partial charge is 0.211 e. The second-order valence-electron chi connectivity index (χ2n) is 4.78. The van der Waals surface area contributed by atoms with Crippen LogP contribution in [0, 0.1) is 0 Å². The van der Waals surface area contributed by atoms with E-state index in [4.69, 9.17) is 27.7 Å². The molecular formula is C16H18N8O. The molecule has 0 saturated carbocycles. The van der Waals surface area contributed by atoms with Gasteiger partial charge in [-0.25, -0.2) is 0 Å². The Kier molecular flexibility index (Phi) is 6.06. The zero-order valence-electron chi connectivity index (χ0n) is 13.3. The quantitative estimate of drug-likeness (QED) is 0.345. The lowest BCUT2D eigenvalue weighted by Gasteiger charge is -2.06. The van der Waals surface area contributed by atoms with Gasteiger partial charge in [-0.3, -0.25) is 0 Å². The molecule has 2 aromatic carbocycles. The highest BCUT2D eigenvalue weighted by Crippen LogP contribution is 2.21. The Morgan fingerprint density at radius 1 is 0.640 bits per heavy atom. The first-order valence-corrected chi connectivity index (χ1v) is 7.15. The van der Waals surface area contributed by atoms with Gasteiger partial charge < -0.3 is 27.7 Å². The average molecular weight is 338 g/mol. The molecule has 8 N–H and O–H groups in total. The summed E-state index contributed by atoms with van der Waals surface area (Å²) >= 11 is 0. The maximum atomic E-state index is 5.75. The van der Waals surface area contributed by atoms with Gasteiger partial charge in [-0.1, -0.05) is 0 Å². The molecule has 9 heteroatoms. The number of hydrogen-bond acceptors (Lipinski definition) is 5. The summed E-state index contributed by atoms with van der Waals surface area (Å²) in [5.74, 6) is 1.17. The van der Waals surface area contributed by atoms with Crippen molar-refractivity contribution in [1.82, 2.24) is 0 Å². The van der Waals surface area contributed by atoms with E-state index >= 15 is 0 Å². The second kappa shape index (κ2) is 8.67. The van der Waals surface area contributed by atoms with Crippen molar-refractivity contribution in [1.29, 1.82) is 0 Å². The molecule has 0 radical (unpaired) electrons. The van der Waals surface area contributed by atoms with Crippen LogP contribution in [-0.4, -0.2) is 24.3 Å². The van der Waals surface area contributed by atoms with Crippen molar-refractivity contribution in [2.75, 3.05) is 0 Å². The molecule has 0 aromatic heterocycles.